The Morgan fingerprint density at radius 3 is 2.64 bits per heavy atom. The summed E-state index contributed by atoms with van der Waals surface area (Å²) < 4.78 is 0. The molecule has 1 aromatic rings. The zero-order valence-corrected chi connectivity index (χ0v) is 9.68. The fourth-order valence-corrected chi connectivity index (χ4v) is 1.88. The van der Waals surface area contributed by atoms with Crippen molar-refractivity contribution < 1.29 is 0 Å². The van der Waals surface area contributed by atoms with Crippen molar-refractivity contribution in [1.82, 2.24) is 10.2 Å². The number of nitrogens with zero attached hydrogens (tertiary/aromatic N) is 3. The number of nitrogens with two attached hydrogens (primary N) is 1. The predicted molar refractivity (Wildman–Crippen MR) is 60.8 cm³/mol. The van der Waals surface area contributed by atoms with E-state index in [1.54, 1.807) is 11.3 Å². The molecular weight excluding hydrogens is 196 g/mol. The molecule has 1 heterocycles. The van der Waals surface area contributed by atoms with Crippen LogP contribution < -0.4 is 10.6 Å². The molecule has 0 bridgehead atoms. The summed E-state index contributed by atoms with van der Waals surface area (Å²) in [4.78, 5) is 2.15. The van der Waals surface area contributed by atoms with E-state index in [2.05, 4.69) is 22.1 Å². The molecule has 0 saturated heterocycles. The molecule has 0 aromatic carbocycles. The first kappa shape index (κ1) is 11.4. The minimum atomic E-state index is 0.793. The van der Waals surface area contributed by atoms with Crippen molar-refractivity contribution in [2.24, 2.45) is 5.73 Å². The molecule has 80 valence electrons. The molecule has 0 aliphatic rings. The van der Waals surface area contributed by atoms with Gasteiger partial charge in [-0.2, -0.15) is 0 Å². The predicted octanol–water partition coefficient (Wildman–Crippen LogP) is 1.41. The number of hydrogen-bond donors (Lipinski definition) is 1. The highest BCUT2D eigenvalue weighted by Crippen LogP contribution is 2.18. The molecule has 0 aliphatic carbocycles. The number of aryl methyl sites for hydroxylation is 1. The number of hydrogen-bond acceptors (Lipinski definition) is 5. The van der Waals surface area contributed by atoms with Crippen LogP contribution in [0.25, 0.3) is 0 Å². The quantitative estimate of drug-likeness (QED) is 0.727. The Morgan fingerprint density at radius 2 is 2.07 bits per heavy atom. The first-order valence-electron chi connectivity index (χ1n) is 4.95. The van der Waals surface area contributed by atoms with Crippen LogP contribution in [0.4, 0.5) is 5.13 Å². The van der Waals surface area contributed by atoms with E-state index in [1.165, 1.54) is 12.8 Å². The third-order valence-electron chi connectivity index (χ3n) is 2.04. The Labute approximate surface area is 89.1 Å². The van der Waals surface area contributed by atoms with E-state index in [4.69, 9.17) is 5.73 Å². The smallest absolute Gasteiger partial charge is 0.208 e. The average Bonchev–Trinajstić information content (AvgIpc) is 2.59. The molecule has 1 aromatic heterocycles. The molecule has 0 unspecified atom stereocenters. The van der Waals surface area contributed by atoms with Gasteiger partial charge in [0.1, 0.15) is 5.01 Å². The molecular formula is C9H18N4S. The van der Waals surface area contributed by atoms with Gasteiger partial charge in [0.25, 0.3) is 0 Å². The lowest BCUT2D eigenvalue weighted by atomic mass is 10.2. The van der Waals surface area contributed by atoms with Crippen molar-refractivity contribution >= 4 is 16.5 Å². The molecule has 0 saturated carbocycles. The van der Waals surface area contributed by atoms with Gasteiger partial charge in [-0.15, -0.1) is 10.2 Å². The largest absolute Gasteiger partial charge is 0.350 e. The summed E-state index contributed by atoms with van der Waals surface area (Å²) >= 11 is 1.64. The van der Waals surface area contributed by atoms with Crippen molar-refractivity contribution in [2.45, 2.75) is 26.2 Å². The van der Waals surface area contributed by atoms with Gasteiger partial charge in [-0.3, -0.25) is 0 Å². The number of aromatic nitrogens is 2. The zero-order chi connectivity index (χ0) is 10.4. The third-order valence-corrected chi connectivity index (χ3v) is 2.99. The number of unbranched alkanes of at least 4 members (excludes halogenated alkanes) is 2. The maximum Gasteiger partial charge on any atom is 0.208 e. The second-order valence-electron chi connectivity index (χ2n) is 3.37. The second kappa shape index (κ2) is 5.93. The van der Waals surface area contributed by atoms with Crippen molar-refractivity contribution in [3.8, 4) is 0 Å². The van der Waals surface area contributed by atoms with Crippen LogP contribution in [0.3, 0.4) is 0 Å². The highest BCUT2D eigenvalue weighted by molar-refractivity contribution is 7.15. The second-order valence-corrected chi connectivity index (χ2v) is 4.53. The maximum atomic E-state index is 5.43. The van der Waals surface area contributed by atoms with Gasteiger partial charge in [0, 0.05) is 13.6 Å². The molecule has 0 fully saturated rings. The Hall–Kier alpha value is -0.680. The minimum absolute atomic E-state index is 0.793. The van der Waals surface area contributed by atoms with E-state index >= 15 is 0 Å². The summed E-state index contributed by atoms with van der Waals surface area (Å²) in [6.07, 6.45) is 3.48. The molecule has 4 nitrogen and oxygen atoms in total. The molecule has 2 N–H and O–H groups in total. The minimum Gasteiger partial charge on any atom is -0.350 e. The SMILES string of the molecule is Cc1nnc(N(C)CCCCCN)s1. The summed E-state index contributed by atoms with van der Waals surface area (Å²) in [6.45, 7) is 3.81. The normalized spacial score (nSPS) is 10.5. The molecule has 0 aliphatic heterocycles. The lowest BCUT2D eigenvalue weighted by Crippen LogP contribution is -2.18. The van der Waals surface area contributed by atoms with Gasteiger partial charge in [-0.1, -0.05) is 17.8 Å². The van der Waals surface area contributed by atoms with Gasteiger partial charge < -0.3 is 10.6 Å². The van der Waals surface area contributed by atoms with Gasteiger partial charge in [0.15, 0.2) is 0 Å². The van der Waals surface area contributed by atoms with Crippen LogP contribution in [0.15, 0.2) is 0 Å². The zero-order valence-electron chi connectivity index (χ0n) is 8.86. The van der Waals surface area contributed by atoms with Crippen LogP contribution in [0.1, 0.15) is 24.3 Å². The van der Waals surface area contributed by atoms with Gasteiger partial charge >= 0.3 is 0 Å². The lowest BCUT2D eigenvalue weighted by molar-refractivity contribution is 0.677. The summed E-state index contributed by atoms with van der Waals surface area (Å²) in [5.74, 6) is 0. The maximum absolute atomic E-state index is 5.43. The molecule has 0 atom stereocenters. The van der Waals surface area contributed by atoms with Crippen molar-refractivity contribution in [3.63, 3.8) is 0 Å². The van der Waals surface area contributed by atoms with Crippen LogP contribution in [0, 0.1) is 6.92 Å². The van der Waals surface area contributed by atoms with Gasteiger partial charge in [0.05, 0.1) is 0 Å². The lowest BCUT2D eigenvalue weighted by Gasteiger charge is -2.14. The first-order valence-corrected chi connectivity index (χ1v) is 5.77. The topological polar surface area (TPSA) is 55.0 Å². The van der Waals surface area contributed by atoms with E-state index in [0.717, 1.165) is 29.6 Å². The average molecular weight is 214 g/mol. The van der Waals surface area contributed by atoms with Crippen molar-refractivity contribution in [1.29, 1.82) is 0 Å². The van der Waals surface area contributed by atoms with E-state index in [1.807, 2.05) is 6.92 Å². The molecule has 0 amide bonds. The van der Waals surface area contributed by atoms with Crippen LogP contribution in [-0.4, -0.2) is 30.3 Å². The number of anilines is 1. The highest BCUT2D eigenvalue weighted by Gasteiger charge is 2.05. The fraction of sp³-hybridized carbons (Fsp3) is 0.778. The fourth-order valence-electron chi connectivity index (χ4n) is 1.21. The van der Waals surface area contributed by atoms with E-state index in [-0.39, 0.29) is 0 Å². The van der Waals surface area contributed by atoms with Crippen LogP contribution in [0.5, 0.6) is 0 Å². The van der Waals surface area contributed by atoms with E-state index < -0.39 is 0 Å². The summed E-state index contributed by atoms with van der Waals surface area (Å²) in [7, 11) is 2.06. The van der Waals surface area contributed by atoms with Gasteiger partial charge in [-0.05, 0) is 26.3 Å². The molecule has 14 heavy (non-hydrogen) atoms. The molecule has 5 heteroatoms. The first-order chi connectivity index (χ1) is 6.74. The number of rotatable bonds is 6. The molecule has 0 radical (unpaired) electrons. The third kappa shape index (κ3) is 3.59. The summed E-state index contributed by atoms with van der Waals surface area (Å²) in [6, 6.07) is 0. The summed E-state index contributed by atoms with van der Waals surface area (Å²) in [5, 5.41) is 10.1. The Morgan fingerprint density at radius 1 is 1.29 bits per heavy atom. The molecule has 0 spiro atoms. The molecule has 1 rings (SSSR count). The Kier molecular flexibility index (Phi) is 4.82. The van der Waals surface area contributed by atoms with Crippen molar-refractivity contribution in [3.05, 3.63) is 5.01 Å². The van der Waals surface area contributed by atoms with Gasteiger partial charge in [0.2, 0.25) is 5.13 Å². The van der Waals surface area contributed by atoms with Crippen LogP contribution >= 0.6 is 11.3 Å². The summed E-state index contributed by atoms with van der Waals surface area (Å²) in [5.41, 5.74) is 5.43. The van der Waals surface area contributed by atoms with E-state index in [0.29, 0.717) is 0 Å². The van der Waals surface area contributed by atoms with Crippen LogP contribution in [-0.2, 0) is 0 Å². The Bertz CT molecular complexity index is 261. The standard InChI is InChI=1S/C9H18N4S/c1-8-11-12-9(14-8)13(2)7-5-3-4-6-10/h3-7,10H2,1-2H3. The Balaban J connectivity index is 2.25. The van der Waals surface area contributed by atoms with Crippen molar-refractivity contribution in [2.75, 3.05) is 25.0 Å². The van der Waals surface area contributed by atoms with Crippen LogP contribution in [0.2, 0.25) is 0 Å². The highest BCUT2D eigenvalue weighted by atomic mass is 32.1. The van der Waals surface area contributed by atoms with Gasteiger partial charge in [-0.25, -0.2) is 0 Å². The monoisotopic (exact) mass is 214 g/mol. The van der Waals surface area contributed by atoms with E-state index in [9.17, 15) is 0 Å².